The van der Waals surface area contributed by atoms with Crippen molar-refractivity contribution >= 4 is 29.4 Å². The molecule has 0 aromatic heterocycles. The number of carbonyl (C=O) groups is 2. The quantitative estimate of drug-likeness (QED) is 0.122. The van der Waals surface area contributed by atoms with Crippen LogP contribution in [0.25, 0.3) is 0 Å². The topological polar surface area (TPSA) is 83.5 Å². The molecule has 0 atom stereocenters. The van der Waals surface area contributed by atoms with Crippen LogP contribution >= 0.6 is 0 Å². The molecule has 2 amide bonds. The Hall–Kier alpha value is -4.12. The number of nitrogens with one attached hydrogen (secondary N) is 2. The summed E-state index contributed by atoms with van der Waals surface area (Å²) in [5.41, 5.74) is 6.31. The third-order valence-electron chi connectivity index (χ3n) is 9.29. The molecule has 0 unspecified atom stereocenters. The Morgan fingerprint density at radius 1 is 0.776 bits per heavy atom. The van der Waals surface area contributed by atoms with E-state index >= 15 is 0 Å². The van der Waals surface area contributed by atoms with Gasteiger partial charge >= 0.3 is 0 Å². The number of hydrazone groups is 1. The second-order valence-electron chi connectivity index (χ2n) is 12.5. The maximum Gasteiger partial charge on any atom is 0.273 e. The van der Waals surface area contributed by atoms with Crippen molar-refractivity contribution in [2.24, 2.45) is 5.10 Å². The number of halogens is 1. The third kappa shape index (κ3) is 11.8. The van der Waals surface area contributed by atoms with Crippen molar-refractivity contribution < 1.29 is 14.0 Å². The minimum atomic E-state index is -0.465. The maximum atomic E-state index is 13.7. The molecule has 2 N–H and O–H groups in total. The molecule has 3 aromatic carbocycles. The summed E-state index contributed by atoms with van der Waals surface area (Å²) in [6.45, 7) is 19.3. The molecule has 1 saturated heterocycles. The molecular weight excluding hydrogens is 617 g/mol. The van der Waals surface area contributed by atoms with Gasteiger partial charge in [0.05, 0.1) is 17.5 Å². The number of benzene rings is 3. The van der Waals surface area contributed by atoms with E-state index in [0.717, 1.165) is 96.1 Å². The summed E-state index contributed by atoms with van der Waals surface area (Å²) in [6.07, 6.45) is 4.77. The van der Waals surface area contributed by atoms with E-state index in [1.54, 1.807) is 24.3 Å². The van der Waals surface area contributed by atoms with Gasteiger partial charge in [0, 0.05) is 57.1 Å². The number of piperidine rings is 1. The standard InChI is InChI=1S/C39H54FN7O2/c1-5-44(6-2)22-24-46(25-23-45(7-3)8-4)30-32-15-12-16-33(26-32)38(48)42-37-19-18-35(47-20-10-9-11-21-47)28-36(37)39(49)43-41-29-31-14-13-17-34(40)27-31/h12-19,26-29H,5-11,20-25,30H2,1-4H3,(H,42,48)(H,43,49)/b41-29+. The van der Waals surface area contributed by atoms with Gasteiger partial charge < -0.3 is 20.0 Å². The van der Waals surface area contributed by atoms with Crippen LogP contribution in [0.3, 0.4) is 0 Å². The van der Waals surface area contributed by atoms with Crippen LogP contribution in [-0.2, 0) is 6.54 Å². The van der Waals surface area contributed by atoms with Crippen LogP contribution in [0.4, 0.5) is 15.8 Å². The largest absolute Gasteiger partial charge is 0.372 e. The number of amides is 2. The van der Waals surface area contributed by atoms with Gasteiger partial charge in [0.2, 0.25) is 0 Å². The molecule has 1 aliphatic heterocycles. The minimum absolute atomic E-state index is 0.289. The summed E-state index contributed by atoms with van der Waals surface area (Å²) >= 11 is 0. The fourth-order valence-corrected chi connectivity index (χ4v) is 6.17. The molecule has 0 aliphatic carbocycles. The zero-order chi connectivity index (χ0) is 35.0. The van der Waals surface area contributed by atoms with E-state index in [1.807, 2.05) is 24.3 Å². The first kappa shape index (κ1) is 37.7. The smallest absolute Gasteiger partial charge is 0.273 e. The van der Waals surface area contributed by atoms with Crippen LogP contribution in [0.2, 0.25) is 0 Å². The van der Waals surface area contributed by atoms with Crippen LogP contribution in [-0.4, -0.2) is 98.2 Å². The lowest BCUT2D eigenvalue weighted by Gasteiger charge is -2.29. The minimum Gasteiger partial charge on any atom is -0.372 e. The highest BCUT2D eigenvalue weighted by Crippen LogP contribution is 2.27. The molecule has 9 nitrogen and oxygen atoms in total. The van der Waals surface area contributed by atoms with Gasteiger partial charge in [-0.15, -0.1) is 0 Å². The predicted octanol–water partition coefficient (Wildman–Crippen LogP) is 6.32. The Balaban J connectivity index is 1.51. The first-order valence-electron chi connectivity index (χ1n) is 17.9. The molecule has 0 radical (unpaired) electrons. The predicted molar refractivity (Wildman–Crippen MR) is 199 cm³/mol. The molecule has 1 fully saturated rings. The Labute approximate surface area is 292 Å². The molecule has 4 rings (SSSR count). The van der Waals surface area contributed by atoms with Crippen molar-refractivity contribution in [2.75, 3.05) is 75.7 Å². The van der Waals surface area contributed by atoms with Gasteiger partial charge in [0.15, 0.2) is 0 Å². The number of likely N-dealkylation sites (N-methyl/N-ethyl adjacent to an activating group) is 2. The first-order valence-corrected chi connectivity index (χ1v) is 17.9. The highest BCUT2D eigenvalue weighted by molar-refractivity contribution is 6.09. The second-order valence-corrected chi connectivity index (χ2v) is 12.5. The van der Waals surface area contributed by atoms with Crippen LogP contribution in [0.1, 0.15) is 78.8 Å². The van der Waals surface area contributed by atoms with Crippen molar-refractivity contribution in [1.29, 1.82) is 0 Å². The molecular formula is C39H54FN7O2. The van der Waals surface area contributed by atoms with Gasteiger partial charge in [-0.1, -0.05) is 52.0 Å². The van der Waals surface area contributed by atoms with Crippen LogP contribution in [0.15, 0.2) is 71.8 Å². The molecule has 10 heteroatoms. The number of hydrogen-bond donors (Lipinski definition) is 2. The molecule has 0 saturated carbocycles. The highest BCUT2D eigenvalue weighted by Gasteiger charge is 2.19. The van der Waals surface area contributed by atoms with Crippen LogP contribution < -0.4 is 15.6 Å². The summed E-state index contributed by atoms with van der Waals surface area (Å²) in [6, 6.07) is 19.3. The van der Waals surface area contributed by atoms with Gasteiger partial charge in [-0.05, 0) is 99.0 Å². The molecule has 3 aromatic rings. The Morgan fingerprint density at radius 3 is 2.08 bits per heavy atom. The van der Waals surface area contributed by atoms with E-state index in [4.69, 9.17) is 0 Å². The lowest BCUT2D eigenvalue weighted by molar-refractivity contribution is 0.0956. The third-order valence-corrected chi connectivity index (χ3v) is 9.29. The van der Waals surface area contributed by atoms with Gasteiger partial charge in [-0.2, -0.15) is 5.10 Å². The lowest BCUT2D eigenvalue weighted by Crippen LogP contribution is -2.39. The Kier molecular flexibility index (Phi) is 15.2. The van der Waals surface area contributed by atoms with Gasteiger partial charge in [0.25, 0.3) is 11.8 Å². The lowest BCUT2D eigenvalue weighted by atomic mass is 10.1. The first-order chi connectivity index (χ1) is 23.8. The van der Waals surface area contributed by atoms with Gasteiger partial charge in [0.1, 0.15) is 5.82 Å². The zero-order valence-electron chi connectivity index (χ0n) is 29.8. The molecule has 264 valence electrons. The van der Waals surface area contributed by atoms with E-state index in [2.05, 4.69) is 69.2 Å². The summed E-state index contributed by atoms with van der Waals surface area (Å²) in [4.78, 5) is 36.8. The maximum absolute atomic E-state index is 13.7. The van der Waals surface area contributed by atoms with Crippen LogP contribution in [0, 0.1) is 5.82 Å². The Morgan fingerprint density at radius 2 is 1.43 bits per heavy atom. The van der Waals surface area contributed by atoms with E-state index in [9.17, 15) is 14.0 Å². The van der Waals surface area contributed by atoms with E-state index in [0.29, 0.717) is 22.4 Å². The number of hydrogen-bond acceptors (Lipinski definition) is 7. The number of rotatable bonds is 18. The van der Waals surface area contributed by atoms with Crippen molar-refractivity contribution in [1.82, 2.24) is 20.1 Å². The molecule has 1 aliphatic rings. The average molecular weight is 672 g/mol. The molecule has 1 heterocycles. The van der Waals surface area contributed by atoms with Crippen molar-refractivity contribution in [2.45, 2.75) is 53.5 Å². The number of nitrogens with zero attached hydrogens (tertiary/aromatic N) is 5. The molecule has 0 spiro atoms. The van der Waals surface area contributed by atoms with E-state index in [-0.39, 0.29) is 11.7 Å². The number of carbonyl (C=O) groups excluding carboxylic acids is 2. The Bertz CT molecular complexity index is 1500. The fraction of sp³-hybridized carbons (Fsp3) is 0.462. The van der Waals surface area contributed by atoms with Gasteiger partial charge in [-0.25, -0.2) is 9.82 Å². The fourth-order valence-electron chi connectivity index (χ4n) is 6.17. The summed E-state index contributed by atoms with van der Waals surface area (Å²) in [5, 5.41) is 7.06. The molecule has 0 bridgehead atoms. The zero-order valence-corrected chi connectivity index (χ0v) is 29.8. The molecule has 49 heavy (non-hydrogen) atoms. The normalized spacial score (nSPS) is 13.5. The van der Waals surface area contributed by atoms with E-state index < -0.39 is 5.91 Å². The van der Waals surface area contributed by atoms with Gasteiger partial charge in [-0.3, -0.25) is 14.5 Å². The van der Waals surface area contributed by atoms with E-state index in [1.165, 1.54) is 24.8 Å². The summed E-state index contributed by atoms with van der Waals surface area (Å²) in [7, 11) is 0. The number of anilines is 2. The van der Waals surface area contributed by atoms with Crippen molar-refractivity contribution in [3.05, 3.63) is 94.8 Å². The second kappa shape index (κ2) is 19.8. The SMILES string of the molecule is CCN(CC)CCN(CCN(CC)CC)Cc1cccc(C(=O)Nc2ccc(N3CCCCC3)cc2C(=O)N/N=C/c2cccc(F)c2)c1. The van der Waals surface area contributed by atoms with Crippen LogP contribution in [0.5, 0.6) is 0 Å². The van der Waals surface area contributed by atoms with Crippen molar-refractivity contribution in [3.8, 4) is 0 Å². The summed E-state index contributed by atoms with van der Waals surface area (Å²) in [5.74, 6) is -1.14. The van der Waals surface area contributed by atoms with Crippen molar-refractivity contribution in [3.63, 3.8) is 0 Å². The monoisotopic (exact) mass is 671 g/mol. The highest BCUT2D eigenvalue weighted by atomic mass is 19.1. The summed E-state index contributed by atoms with van der Waals surface area (Å²) < 4.78 is 13.6. The average Bonchev–Trinajstić information content (AvgIpc) is 3.13.